The van der Waals surface area contributed by atoms with Gasteiger partial charge in [0.2, 0.25) is 11.5 Å². The average molecular weight is 632 g/mol. The van der Waals surface area contributed by atoms with Crippen molar-refractivity contribution in [2.45, 2.75) is 68.7 Å². The predicted molar refractivity (Wildman–Crippen MR) is 143 cm³/mol. The molecule has 1 aliphatic heterocycles. The minimum atomic E-state index is -4.81. The molecule has 0 bridgehead atoms. The van der Waals surface area contributed by atoms with Gasteiger partial charge < -0.3 is 18.6 Å². The molecule has 0 spiro atoms. The molecule has 1 atom stereocenters. The van der Waals surface area contributed by atoms with Gasteiger partial charge in [-0.2, -0.15) is 13.2 Å². The molecule has 0 radical (unpaired) electrons. The van der Waals surface area contributed by atoms with Crippen LogP contribution in [0.2, 0.25) is 0 Å². The second kappa shape index (κ2) is 11.2. The molecule has 0 saturated heterocycles. The number of hydrogen-bond donors (Lipinski definition) is 1. The summed E-state index contributed by atoms with van der Waals surface area (Å²) in [6.07, 6.45) is -6.10. The molecule has 0 fully saturated rings. The van der Waals surface area contributed by atoms with Gasteiger partial charge in [-0.1, -0.05) is 19.9 Å². The SMILES string of the molecule is COc1cc(S(=O)(=O)N2C[C@H](CC(C)(C)c3n[nH]c(=O)o3)Oc3ccc(CC(=O)OC(C)(C)C(F)(F)F)cc32)ccc1F. The van der Waals surface area contributed by atoms with Gasteiger partial charge in [0.05, 0.1) is 30.7 Å². The summed E-state index contributed by atoms with van der Waals surface area (Å²) in [5.74, 6) is -2.90. The van der Waals surface area contributed by atoms with E-state index < -0.39 is 57.3 Å². The Hall–Kier alpha value is -4.08. The van der Waals surface area contributed by atoms with E-state index in [4.69, 9.17) is 13.9 Å². The number of benzene rings is 2. The number of H-pyrrole nitrogens is 1. The number of ether oxygens (including phenoxy) is 3. The molecule has 0 aliphatic carbocycles. The molecule has 0 unspecified atom stereocenters. The number of nitrogens with one attached hydrogen (secondary N) is 1. The topological polar surface area (TPSA) is 141 Å². The van der Waals surface area contributed by atoms with Gasteiger partial charge in [-0.3, -0.25) is 9.10 Å². The fraction of sp³-hybridized carbons (Fsp3) is 0.444. The summed E-state index contributed by atoms with van der Waals surface area (Å²) in [5, 5.41) is 6.04. The molecular formula is C27H29F4N3O8S. The summed E-state index contributed by atoms with van der Waals surface area (Å²) in [5.41, 5.74) is -3.50. The number of carbonyl (C=O) groups excluding carboxylic acids is 1. The van der Waals surface area contributed by atoms with Crippen LogP contribution in [-0.2, 0) is 31.4 Å². The zero-order chi connectivity index (χ0) is 32.0. The molecule has 1 N–H and O–H groups in total. The van der Waals surface area contributed by atoms with Crippen LogP contribution in [0.4, 0.5) is 23.2 Å². The Bertz CT molecular complexity index is 1680. The molecule has 2 aromatic carbocycles. The van der Waals surface area contributed by atoms with E-state index in [1.54, 1.807) is 13.8 Å². The molecule has 0 amide bonds. The second-order valence-electron chi connectivity index (χ2n) is 11.0. The number of sulfonamides is 1. The average Bonchev–Trinajstić information content (AvgIpc) is 3.34. The van der Waals surface area contributed by atoms with Gasteiger partial charge in [-0.25, -0.2) is 22.7 Å². The number of aromatic nitrogens is 2. The molecule has 3 aromatic rings. The number of fused-ring (bicyclic) bond motifs is 1. The van der Waals surface area contributed by atoms with Crippen molar-refractivity contribution < 1.29 is 49.4 Å². The van der Waals surface area contributed by atoms with E-state index >= 15 is 0 Å². The number of hydrogen-bond acceptors (Lipinski definition) is 9. The zero-order valence-electron chi connectivity index (χ0n) is 23.7. The van der Waals surface area contributed by atoms with Crippen LogP contribution in [0.25, 0.3) is 0 Å². The maximum atomic E-state index is 14.1. The Labute approximate surface area is 243 Å². The molecule has 16 heteroatoms. The van der Waals surface area contributed by atoms with E-state index in [-0.39, 0.29) is 46.5 Å². The second-order valence-corrected chi connectivity index (χ2v) is 12.9. The fourth-order valence-corrected chi connectivity index (χ4v) is 5.96. The summed E-state index contributed by atoms with van der Waals surface area (Å²) in [4.78, 5) is 23.6. The van der Waals surface area contributed by atoms with E-state index in [9.17, 15) is 35.6 Å². The lowest BCUT2D eigenvalue weighted by atomic mass is 9.86. The quantitative estimate of drug-likeness (QED) is 0.271. The van der Waals surface area contributed by atoms with Gasteiger partial charge in [-0.05, 0) is 50.1 Å². The van der Waals surface area contributed by atoms with Crippen LogP contribution in [0.5, 0.6) is 11.5 Å². The summed E-state index contributed by atoms with van der Waals surface area (Å²) >= 11 is 0. The monoisotopic (exact) mass is 631 g/mol. The highest BCUT2D eigenvalue weighted by atomic mass is 32.2. The molecule has 234 valence electrons. The van der Waals surface area contributed by atoms with Crippen LogP contribution in [0.15, 0.2) is 50.5 Å². The van der Waals surface area contributed by atoms with Crippen molar-refractivity contribution in [3.8, 4) is 11.5 Å². The largest absolute Gasteiger partial charge is 0.494 e. The van der Waals surface area contributed by atoms with Crippen molar-refractivity contribution in [2.75, 3.05) is 18.0 Å². The highest BCUT2D eigenvalue weighted by Gasteiger charge is 2.50. The highest BCUT2D eigenvalue weighted by Crippen LogP contribution is 2.41. The third-order valence-electron chi connectivity index (χ3n) is 6.82. The van der Waals surface area contributed by atoms with Gasteiger partial charge in [-0.15, -0.1) is 5.10 Å². The van der Waals surface area contributed by atoms with Crippen molar-refractivity contribution in [3.63, 3.8) is 0 Å². The van der Waals surface area contributed by atoms with E-state index in [1.807, 2.05) is 0 Å². The molecular weight excluding hydrogens is 602 g/mol. The minimum Gasteiger partial charge on any atom is -0.494 e. The summed E-state index contributed by atoms with van der Waals surface area (Å²) in [6, 6.07) is 7.07. The Morgan fingerprint density at radius 1 is 1.14 bits per heavy atom. The molecule has 11 nitrogen and oxygen atoms in total. The number of anilines is 1. The zero-order valence-corrected chi connectivity index (χ0v) is 24.6. The Kier molecular flexibility index (Phi) is 8.30. The first-order valence-corrected chi connectivity index (χ1v) is 14.3. The van der Waals surface area contributed by atoms with Crippen molar-refractivity contribution in [1.82, 2.24) is 10.2 Å². The van der Waals surface area contributed by atoms with Crippen molar-refractivity contribution >= 4 is 21.7 Å². The van der Waals surface area contributed by atoms with Gasteiger partial charge >= 0.3 is 17.9 Å². The van der Waals surface area contributed by atoms with Gasteiger partial charge in [0, 0.05) is 11.5 Å². The van der Waals surface area contributed by atoms with Crippen LogP contribution in [0.3, 0.4) is 0 Å². The maximum absolute atomic E-state index is 14.1. The number of alkyl halides is 3. The van der Waals surface area contributed by atoms with Crippen LogP contribution in [-0.4, -0.2) is 56.1 Å². The lowest BCUT2D eigenvalue weighted by Gasteiger charge is -2.38. The summed E-state index contributed by atoms with van der Waals surface area (Å²) in [7, 11) is -3.24. The number of rotatable bonds is 9. The van der Waals surface area contributed by atoms with Crippen LogP contribution >= 0.6 is 0 Å². The first-order chi connectivity index (χ1) is 19.8. The number of halogens is 4. The predicted octanol–water partition coefficient (Wildman–Crippen LogP) is 4.26. The van der Waals surface area contributed by atoms with Crippen LogP contribution in [0, 0.1) is 5.82 Å². The van der Waals surface area contributed by atoms with Gasteiger partial charge in [0.25, 0.3) is 10.0 Å². The molecule has 4 rings (SSSR count). The Morgan fingerprint density at radius 3 is 2.44 bits per heavy atom. The Balaban J connectivity index is 1.72. The number of aromatic amines is 1. The first kappa shape index (κ1) is 31.8. The Morgan fingerprint density at radius 2 is 1.84 bits per heavy atom. The van der Waals surface area contributed by atoms with Crippen LogP contribution < -0.4 is 19.5 Å². The van der Waals surface area contributed by atoms with Crippen molar-refractivity contribution in [1.29, 1.82) is 0 Å². The molecule has 1 aliphatic rings. The van der Waals surface area contributed by atoms with Crippen LogP contribution in [0.1, 0.15) is 45.6 Å². The van der Waals surface area contributed by atoms with E-state index in [2.05, 4.69) is 14.9 Å². The third-order valence-corrected chi connectivity index (χ3v) is 8.60. The normalized spacial score (nSPS) is 15.9. The summed E-state index contributed by atoms with van der Waals surface area (Å²) in [6.45, 7) is 4.58. The van der Waals surface area contributed by atoms with Gasteiger partial charge in [0.15, 0.2) is 11.6 Å². The number of carbonyl (C=O) groups is 1. The molecule has 43 heavy (non-hydrogen) atoms. The number of methoxy groups -OCH3 is 1. The lowest BCUT2D eigenvalue weighted by Crippen LogP contribution is -2.45. The smallest absolute Gasteiger partial charge is 0.434 e. The lowest BCUT2D eigenvalue weighted by molar-refractivity contribution is -0.257. The fourth-order valence-electron chi connectivity index (χ4n) is 4.45. The highest BCUT2D eigenvalue weighted by molar-refractivity contribution is 7.92. The standard InChI is InChI=1S/C27H29F4N3O8S/c1-25(2,23-32-33-24(36)41-23)13-16-14-34(43(37,38)17-7-8-18(28)21(12-17)39-5)19-10-15(6-9-20(19)40-16)11-22(35)42-26(3,4)27(29,30)31/h6-10,12,16H,11,13-14H2,1-5H3,(H,33,36)/t16-/m0/s1. The molecule has 1 aromatic heterocycles. The number of esters is 1. The van der Waals surface area contributed by atoms with Crippen molar-refractivity contribution in [3.05, 3.63) is 64.2 Å². The minimum absolute atomic E-state index is 0.0102. The van der Waals surface area contributed by atoms with Crippen molar-refractivity contribution in [2.24, 2.45) is 0 Å². The number of nitrogens with zero attached hydrogens (tertiary/aromatic N) is 2. The first-order valence-electron chi connectivity index (χ1n) is 12.8. The molecule has 2 heterocycles. The molecule has 0 saturated carbocycles. The van der Waals surface area contributed by atoms with Gasteiger partial charge in [0.1, 0.15) is 11.9 Å². The maximum Gasteiger partial charge on any atom is 0.434 e. The third kappa shape index (κ3) is 6.63. The van der Waals surface area contributed by atoms with E-state index in [0.29, 0.717) is 13.8 Å². The summed E-state index contributed by atoms with van der Waals surface area (Å²) < 4.78 is 103. The van der Waals surface area contributed by atoms with E-state index in [0.717, 1.165) is 22.5 Å². The van der Waals surface area contributed by atoms with E-state index in [1.165, 1.54) is 25.3 Å².